The van der Waals surface area contributed by atoms with Gasteiger partial charge in [0.05, 0.1) is 11.2 Å². The quantitative estimate of drug-likeness (QED) is 0.683. The third-order valence-electron chi connectivity index (χ3n) is 3.02. The maximum absolute atomic E-state index is 13.2. The van der Waals surface area contributed by atoms with Crippen LogP contribution in [0.3, 0.4) is 0 Å². The van der Waals surface area contributed by atoms with Crippen LogP contribution in [-0.4, -0.2) is 17.7 Å². The normalized spacial score (nSPS) is 18.6. The van der Waals surface area contributed by atoms with Gasteiger partial charge >= 0.3 is 0 Å². The number of anilines is 1. The smallest absolute Gasteiger partial charge is 0.145 e. The highest BCUT2D eigenvalue weighted by atomic mass is 19.1. The summed E-state index contributed by atoms with van der Waals surface area (Å²) >= 11 is 0. The minimum Gasteiger partial charge on any atom is -0.489 e. The second-order valence-electron chi connectivity index (χ2n) is 6.22. The molecule has 0 aliphatic carbocycles. The first-order chi connectivity index (χ1) is 7.72. The third kappa shape index (κ3) is 2.11. The van der Waals surface area contributed by atoms with Crippen molar-refractivity contribution in [2.45, 2.75) is 45.7 Å². The van der Waals surface area contributed by atoms with Gasteiger partial charge in [0.2, 0.25) is 0 Å². The summed E-state index contributed by atoms with van der Waals surface area (Å²) < 4.78 is 18.9. The Bertz CT molecular complexity index is 434. The van der Waals surface area contributed by atoms with Crippen LogP contribution < -0.4 is 9.64 Å². The molecule has 0 atom stereocenters. The molecule has 0 saturated carbocycles. The number of fused-ring (bicyclic) bond motifs is 1. The molecular weight excluding hydrogens is 217 g/mol. The van der Waals surface area contributed by atoms with Gasteiger partial charge in [-0.1, -0.05) is 0 Å². The van der Waals surface area contributed by atoms with Gasteiger partial charge in [-0.2, -0.15) is 0 Å². The SMILES string of the molecule is CC(C)(C)N1c2ccc(F)cc2OCC1(C)C. The van der Waals surface area contributed by atoms with E-state index in [-0.39, 0.29) is 16.9 Å². The molecular formula is C14H20FNO. The molecule has 1 aliphatic heterocycles. The summed E-state index contributed by atoms with van der Waals surface area (Å²) in [6.07, 6.45) is 0. The third-order valence-corrected chi connectivity index (χ3v) is 3.02. The predicted octanol–water partition coefficient (Wildman–Crippen LogP) is 3.60. The molecule has 0 unspecified atom stereocenters. The summed E-state index contributed by atoms with van der Waals surface area (Å²) in [7, 11) is 0. The van der Waals surface area contributed by atoms with Crippen LogP contribution in [0, 0.1) is 5.82 Å². The van der Waals surface area contributed by atoms with Crippen molar-refractivity contribution in [3.05, 3.63) is 24.0 Å². The molecule has 0 saturated heterocycles. The topological polar surface area (TPSA) is 12.5 Å². The zero-order chi connectivity index (χ0) is 12.8. The number of halogens is 1. The van der Waals surface area contributed by atoms with E-state index in [1.807, 2.05) is 0 Å². The van der Waals surface area contributed by atoms with Crippen LogP contribution in [0.5, 0.6) is 5.75 Å². The van der Waals surface area contributed by atoms with E-state index in [1.165, 1.54) is 12.1 Å². The van der Waals surface area contributed by atoms with Crippen LogP contribution >= 0.6 is 0 Å². The second-order valence-corrected chi connectivity index (χ2v) is 6.22. The second kappa shape index (κ2) is 3.62. The Morgan fingerprint density at radius 3 is 2.53 bits per heavy atom. The summed E-state index contributed by atoms with van der Waals surface area (Å²) in [5.41, 5.74) is 0.846. The molecule has 0 spiro atoms. The Morgan fingerprint density at radius 2 is 1.94 bits per heavy atom. The van der Waals surface area contributed by atoms with Crippen molar-refractivity contribution in [2.75, 3.05) is 11.5 Å². The van der Waals surface area contributed by atoms with E-state index in [0.717, 1.165) is 5.69 Å². The number of ether oxygens (including phenoxy) is 1. The van der Waals surface area contributed by atoms with Crippen LogP contribution in [-0.2, 0) is 0 Å². The fraction of sp³-hybridized carbons (Fsp3) is 0.571. The molecule has 3 heteroatoms. The van der Waals surface area contributed by atoms with Gasteiger partial charge in [0.15, 0.2) is 0 Å². The fourth-order valence-corrected chi connectivity index (χ4v) is 2.70. The molecule has 2 nitrogen and oxygen atoms in total. The molecule has 0 fully saturated rings. The molecule has 0 bridgehead atoms. The molecule has 1 aromatic carbocycles. The molecule has 1 heterocycles. The van der Waals surface area contributed by atoms with Crippen molar-refractivity contribution in [3.8, 4) is 5.75 Å². The molecule has 0 amide bonds. The highest BCUT2D eigenvalue weighted by Gasteiger charge is 2.40. The van der Waals surface area contributed by atoms with E-state index >= 15 is 0 Å². The first-order valence-corrected chi connectivity index (χ1v) is 5.94. The van der Waals surface area contributed by atoms with E-state index in [1.54, 1.807) is 6.07 Å². The summed E-state index contributed by atoms with van der Waals surface area (Å²) in [4.78, 5) is 2.30. The van der Waals surface area contributed by atoms with E-state index in [2.05, 4.69) is 39.5 Å². The van der Waals surface area contributed by atoms with Crippen molar-refractivity contribution in [2.24, 2.45) is 0 Å². The van der Waals surface area contributed by atoms with E-state index < -0.39 is 0 Å². The summed E-state index contributed by atoms with van der Waals surface area (Å²) in [6.45, 7) is 11.3. The molecule has 17 heavy (non-hydrogen) atoms. The van der Waals surface area contributed by atoms with Gasteiger partial charge in [-0.05, 0) is 46.8 Å². The van der Waals surface area contributed by atoms with Crippen molar-refractivity contribution < 1.29 is 9.13 Å². The number of rotatable bonds is 0. The zero-order valence-electron chi connectivity index (χ0n) is 11.2. The molecule has 1 aromatic rings. The Kier molecular flexibility index (Phi) is 2.60. The first kappa shape index (κ1) is 12.2. The summed E-state index contributed by atoms with van der Waals surface area (Å²) in [6, 6.07) is 4.75. The van der Waals surface area contributed by atoms with Crippen LogP contribution in [0.1, 0.15) is 34.6 Å². The molecule has 94 valence electrons. The first-order valence-electron chi connectivity index (χ1n) is 5.94. The lowest BCUT2D eigenvalue weighted by atomic mass is 9.92. The Hall–Kier alpha value is -1.25. The Balaban J connectivity index is 2.56. The number of hydrogen-bond donors (Lipinski definition) is 0. The minimum absolute atomic E-state index is 0.0279. The van der Waals surface area contributed by atoms with Crippen LogP contribution in [0.15, 0.2) is 18.2 Å². The van der Waals surface area contributed by atoms with Gasteiger partial charge in [0.1, 0.15) is 18.2 Å². The average molecular weight is 237 g/mol. The van der Waals surface area contributed by atoms with Gasteiger partial charge in [0.25, 0.3) is 0 Å². The van der Waals surface area contributed by atoms with Gasteiger partial charge < -0.3 is 9.64 Å². The van der Waals surface area contributed by atoms with Gasteiger partial charge in [0, 0.05) is 11.6 Å². The van der Waals surface area contributed by atoms with Crippen molar-refractivity contribution in [1.82, 2.24) is 0 Å². The van der Waals surface area contributed by atoms with Crippen LogP contribution in [0.25, 0.3) is 0 Å². The summed E-state index contributed by atoms with van der Waals surface area (Å²) in [5.74, 6) is 0.386. The zero-order valence-corrected chi connectivity index (χ0v) is 11.2. The van der Waals surface area contributed by atoms with Crippen molar-refractivity contribution >= 4 is 5.69 Å². The fourth-order valence-electron chi connectivity index (χ4n) is 2.70. The van der Waals surface area contributed by atoms with Crippen LogP contribution in [0.4, 0.5) is 10.1 Å². The highest BCUT2D eigenvalue weighted by molar-refractivity contribution is 5.63. The number of benzene rings is 1. The largest absolute Gasteiger partial charge is 0.489 e. The molecule has 1 aliphatic rings. The van der Waals surface area contributed by atoms with E-state index in [0.29, 0.717) is 12.4 Å². The highest BCUT2D eigenvalue weighted by Crippen LogP contribution is 2.42. The van der Waals surface area contributed by atoms with Gasteiger partial charge in [-0.25, -0.2) is 4.39 Å². The van der Waals surface area contributed by atoms with Crippen molar-refractivity contribution in [1.29, 1.82) is 0 Å². The minimum atomic E-state index is -0.252. The van der Waals surface area contributed by atoms with E-state index in [9.17, 15) is 4.39 Å². The van der Waals surface area contributed by atoms with Crippen molar-refractivity contribution in [3.63, 3.8) is 0 Å². The average Bonchev–Trinajstić information content (AvgIpc) is 2.15. The maximum Gasteiger partial charge on any atom is 0.145 e. The Morgan fingerprint density at radius 1 is 1.29 bits per heavy atom. The monoisotopic (exact) mass is 237 g/mol. The molecule has 2 rings (SSSR count). The molecule has 0 aromatic heterocycles. The lowest BCUT2D eigenvalue weighted by Crippen LogP contribution is -2.59. The molecule has 0 N–H and O–H groups in total. The van der Waals surface area contributed by atoms with Crippen LogP contribution in [0.2, 0.25) is 0 Å². The Labute approximate surface area is 102 Å². The van der Waals surface area contributed by atoms with Gasteiger partial charge in [-0.3, -0.25) is 0 Å². The van der Waals surface area contributed by atoms with Gasteiger partial charge in [-0.15, -0.1) is 0 Å². The number of hydrogen-bond acceptors (Lipinski definition) is 2. The lowest BCUT2D eigenvalue weighted by molar-refractivity contribution is 0.188. The summed E-state index contributed by atoms with van der Waals surface area (Å²) in [5, 5.41) is 0. The maximum atomic E-state index is 13.2. The van der Waals surface area contributed by atoms with E-state index in [4.69, 9.17) is 4.74 Å². The number of nitrogens with zero attached hydrogens (tertiary/aromatic N) is 1. The predicted molar refractivity (Wildman–Crippen MR) is 68.2 cm³/mol. The molecule has 0 radical (unpaired) electrons. The lowest BCUT2D eigenvalue weighted by Gasteiger charge is -2.51. The standard InChI is InChI=1S/C14H20FNO/c1-13(2,3)16-11-7-6-10(15)8-12(11)17-9-14(16,4)5/h6-8H,9H2,1-5H3.